The van der Waals surface area contributed by atoms with E-state index in [4.69, 9.17) is 9.47 Å². The van der Waals surface area contributed by atoms with Crippen molar-refractivity contribution in [1.29, 1.82) is 0 Å². The maximum absolute atomic E-state index is 11.6. The molecule has 1 amide bonds. The Morgan fingerprint density at radius 2 is 1.60 bits per heavy atom. The first-order chi connectivity index (χ1) is 9.02. The smallest absolute Gasteiger partial charge is 0.246 e. The van der Waals surface area contributed by atoms with Crippen LogP contribution in [0.3, 0.4) is 0 Å². The highest BCUT2D eigenvalue weighted by molar-refractivity contribution is 5.83. The number of carbonyl (C=O) groups excluding carboxylic acids is 2. The number of ether oxygens (including phenoxy) is 2. The first-order valence-electron chi connectivity index (χ1n) is 7.04. The lowest BCUT2D eigenvalue weighted by Gasteiger charge is -2.19. The summed E-state index contributed by atoms with van der Waals surface area (Å²) in [5.41, 5.74) is -0.636. The second-order valence-corrected chi connectivity index (χ2v) is 6.79. The maximum atomic E-state index is 11.6. The molecule has 0 heterocycles. The Bertz CT molecular complexity index is 313. The number of nitrogens with one attached hydrogen (secondary N) is 1. The minimum Gasteiger partial charge on any atom is -0.379 e. The zero-order chi connectivity index (χ0) is 15.8. The molecule has 5 heteroatoms. The van der Waals surface area contributed by atoms with Gasteiger partial charge in [-0.25, -0.2) is 0 Å². The molecule has 0 rings (SSSR count). The molecular formula is C15H29NO4. The summed E-state index contributed by atoms with van der Waals surface area (Å²) >= 11 is 0. The van der Waals surface area contributed by atoms with Gasteiger partial charge in [-0.05, 0) is 20.8 Å². The molecule has 5 nitrogen and oxygen atoms in total. The molecule has 1 N–H and O–H groups in total. The predicted octanol–water partition coefficient (Wildman–Crippen LogP) is 1.94. The molecule has 0 aromatic carbocycles. The van der Waals surface area contributed by atoms with Crippen LogP contribution in [0, 0.1) is 5.41 Å². The minimum atomic E-state index is -0.318. The van der Waals surface area contributed by atoms with Gasteiger partial charge in [0.15, 0.2) is 0 Å². The number of hydrogen-bond acceptors (Lipinski definition) is 4. The zero-order valence-corrected chi connectivity index (χ0v) is 13.7. The summed E-state index contributed by atoms with van der Waals surface area (Å²) in [5, 5.41) is 2.70. The van der Waals surface area contributed by atoms with Crippen molar-refractivity contribution in [1.82, 2.24) is 5.32 Å². The summed E-state index contributed by atoms with van der Waals surface area (Å²) in [7, 11) is 0. The van der Waals surface area contributed by atoms with Crippen molar-refractivity contribution in [3.8, 4) is 0 Å². The lowest BCUT2D eigenvalue weighted by atomic mass is 9.89. The van der Waals surface area contributed by atoms with Gasteiger partial charge >= 0.3 is 0 Å². The van der Waals surface area contributed by atoms with E-state index in [1.54, 1.807) is 0 Å². The first-order valence-corrected chi connectivity index (χ1v) is 7.04. The van der Waals surface area contributed by atoms with E-state index < -0.39 is 0 Å². The van der Waals surface area contributed by atoms with Crippen LogP contribution < -0.4 is 5.32 Å². The summed E-state index contributed by atoms with van der Waals surface area (Å²) < 4.78 is 10.7. The molecule has 0 bridgehead atoms. The van der Waals surface area contributed by atoms with Crippen LogP contribution in [-0.2, 0) is 19.1 Å². The summed E-state index contributed by atoms with van der Waals surface area (Å²) in [4.78, 5) is 23.0. The van der Waals surface area contributed by atoms with Gasteiger partial charge in [-0.2, -0.15) is 0 Å². The van der Waals surface area contributed by atoms with Crippen LogP contribution in [0.4, 0.5) is 0 Å². The summed E-state index contributed by atoms with van der Waals surface area (Å²) in [5.74, 6) is 0.0226. The topological polar surface area (TPSA) is 64.6 Å². The molecule has 20 heavy (non-hydrogen) atoms. The number of carbonyl (C=O) groups is 2. The molecule has 118 valence electrons. The lowest BCUT2D eigenvalue weighted by molar-refractivity contribution is -0.131. The second kappa shape index (κ2) is 8.37. The van der Waals surface area contributed by atoms with E-state index in [-0.39, 0.29) is 29.3 Å². The van der Waals surface area contributed by atoms with E-state index in [0.29, 0.717) is 26.2 Å². The number of Topliss-reactive ketones (excluding diaryl/α,β-unsaturated/α-hetero) is 1. The van der Waals surface area contributed by atoms with Gasteiger partial charge in [0, 0.05) is 18.4 Å². The molecule has 0 radical (unpaired) electrons. The summed E-state index contributed by atoms with van der Waals surface area (Å²) in [6.45, 7) is 12.6. The van der Waals surface area contributed by atoms with Crippen molar-refractivity contribution < 1.29 is 19.1 Å². The van der Waals surface area contributed by atoms with Crippen LogP contribution in [0.2, 0.25) is 0 Å². The Morgan fingerprint density at radius 3 is 2.10 bits per heavy atom. The van der Waals surface area contributed by atoms with Crippen molar-refractivity contribution >= 4 is 11.7 Å². The summed E-state index contributed by atoms with van der Waals surface area (Å²) in [6, 6.07) is 0. The van der Waals surface area contributed by atoms with Crippen LogP contribution in [0.25, 0.3) is 0 Å². The molecule has 0 saturated carbocycles. The van der Waals surface area contributed by atoms with E-state index in [1.807, 2.05) is 41.5 Å². The first kappa shape index (κ1) is 19.1. The SMILES string of the molecule is CC(C)(C)OCC(=O)NCCOCCC(=O)C(C)(C)C. The van der Waals surface area contributed by atoms with E-state index in [1.165, 1.54) is 0 Å². The van der Waals surface area contributed by atoms with E-state index in [0.717, 1.165) is 0 Å². The van der Waals surface area contributed by atoms with Crippen LogP contribution in [0.15, 0.2) is 0 Å². The van der Waals surface area contributed by atoms with Crippen LogP contribution in [-0.4, -0.2) is 43.7 Å². The Morgan fingerprint density at radius 1 is 1.00 bits per heavy atom. The van der Waals surface area contributed by atoms with Crippen molar-refractivity contribution in [3.63, 3.8) is 0 Å². The Hall–Kier alpha value is -0.940. The Labute approximate surface area is 122 Å². The van der Waals surface area contributed by atoms with Crippen LogP contribution >= 0.6 is 0 Å². The molecule has 0 spiro atoms. The minimum absolute atomic E-state index is 0.0476. The Balaban J connectivity index is 3.54. The van der Waals surface area contributed by atoms with Gasteiger partial charge in [-0.1, -0.05) is 20.8 Å². The van der Waals surface area contributed by atoms with Gasteiger partial charge < -0.3 is 14.8 Å². The standard InChI is InChI=1S/C15H29NO4/c1-14(2,3)12(17)7-9-19-10-8-16-13(18)11-20-15(4,5)6/h7-11H2,1-6H3,(H,16,18). The predicted molar refractivity (Wildman–Crippen MR) is 78.6 cm³/mol. The number of rotatable bonds is 8. The molecule has 0 unspecified atom stereocenters. The van der Waals surface area contributed by atoms with Crippen molar-refractivity contribution in [2.45, 2.75) is 53.6 Å². The largest absolute Gasteiger partial charge is 0.379 e. The highest BCUT2D eigenvalue weighted by Gasteiger charge is 2.20. The fraction of sp³-hybridized carbons (Fsp3) is 0.867. The number of hydrogen-bond donors (Lipinski definition) is 1. The fourth-order valence-electron chi connectivity index (χ4n) is 1.24. The second-order valence-electron chi connectivity index (χ2n) is 6.79. The molecule has 0 aromatic heterocycles. The van der Waals surface area contributed by atoms with Gasteiger partial charge in [-0.15, -0.1) is 0 Å². The van der Waals surface area contributed by atoms with Crippen molar-refractivity contribution in [2.24, 2.45) is 5.41 Å². The fourth-order valence-corrected chi connectivity index (χ4v) is 1.24. The Kier molecular flexibility index (Phi) is 7.98. The van der Waals surface area contributed by atoms with Gasteiger partial charge in [-0.3, -0.25) is 9.59 Å². The molecule has 0 aliphatic heterocycles. The summed E-state index contributed by atoms with van der Waals surface area (Å²) in [6.07, 6.45) is 0.407. The van der Waals surface area contributed by atoms with Gasteiger partial charge in [0.1, 0.15) is 12.4 Å². The molecule has 0 saturated heterocycles. The monoisotopic (exact) mass is 287 g/mol. The van der Waals surface area contributed by atoms with Gasteiger partial charge in [0.25, 0.3) is 0 Å². The molecule has 0 atom stereocenters. The third-order valence-electron chi connectivity index (χ3n) is 2.51. The molecule has 0 aromatic rings. The molecule has 0 fully saturated rings. The van der Waals surface area contributed by atoms with E-state index in [2.05, 4.69) is 5.32 Å². The third-order valence-corrected chi connectivity index (χ3v) is 2.51. The average molecular weight is 287 g/mol. The number of amides is 1. The third kappa shape index (κ3) is 10.9. The average Bonchev–Trinajstić information content (AvgIpc) is 2.28. The van der Waals surface area contributed by atoms with Crippen LogP contribution in [0.5, 0.6) is 0 Å². The highest BCUT2D eigenvalue weighted by atomic mass is 16.5. The van der Waals surface area contributed by atoms with Gasteiger partial charge in [0.05, 0.1) is 18.8 Å². The van der Waals surface area contributed by atoms with Crippen LogP contribution in [0.1, 0.15) is 48.0 Å². The molecule has 0 aliphatic carbocycles. The number of ketones is 1. The lowest BCUT2D eigenvalue weighted by Crippen LogP contribution is -2.34. The normalized spacial score (nSPS) is 12.3. The zero-order valence-electron chi connectivity index (χ0n) is 13.7. The van der Waals surface area contributed by atoms with Crippen molar-refractivity contribution in [3.05, 3.63) is 0 Å². The quantitative estimate of drug-likeness (QED) is 0.693. The maximum Gasteiger partial charge on any atom is 0.246 e. The molecule has 0 aliphatic rings. The highest BCUT2D eigenvalue weighted by Crippen LogP contribution is 2.16. The van der Waals surface area contributed by atoms with E-state index in [9.17, 15) is 9.59 Å². The molecular weight excluding hydrogens is 258 g/mol. The van der Waals surface area contributed by atoms with Crippen molar-refractivity contribution in [2.75, 3.05) is 26.4 Å². The van der Waals surface area contributed by atoms with E-state index >= 15 is 0 Å². The van der Waals surface area contributed by atoms with Gasteiger partial charge in [0.2, 0.25) is 5.91 Å².